The van der Waals surface area contributed by atoms with Gasteiger partial charge in [0.05, 0.1) is 60.8 Å². The Morgan fingerprint density at radius 1 is 0.679 bits per heavy atom. The van der Waals surface area contributed by atoms with Gasteiger partial charge in [-0.3, -0.25) is 9.59 Å². The molecule has 0 spiro atoms. The average Bonchev–Trinajstić information content (AvgIpc) is 3.84. The highest BCUT2D eigenvalue weighted by molar-refractivity contribution is 6.21. The second-order valence-electron chi connectivity index (χ2n) is 13.0. The molecule has 4 atom stereocenters. The smallest absolute Gasteiger partial charge is 0.339 e. The third-order valence-electron chi connectivity index (χ3n) is 10.1. The molecule has 0 N–H and O–H groups in total. The number of ether oxygens (including phenoxy) is 11. The van der Waals surface area contributed by atoms with Crippen molar-refractivity contribution < 1.29 is 66.5 Å². The molecule has 0 saturated carbocycles. The summed E-state index contributed by atoms with van der Waals surface area (Å²) in [4.78, 5) is 40.3. The van der Waals surface area contributed by atoms with Crippen molar-refractivity contribution in [3.05, 3.63) is 88.5 Å². The summed E-state index contributed by atoms with van der Waals surface area (Å²) < 4.78 is 62.6. The second kappa shape index (κ2) is 15.7. The molecule has 56 heavy (non-hydrogen) atoms. The van der Waals surface area contributed by atoms with Crippen molar-refractivity contribution in [1.82, 2.24) is 0 Å². The van der Waals surface area contributed by atoms with E-state index in [0.717, 1.165) is 0 Å². The Kier molecular flexibility index (Phi) is 10.5. The average molecular weight is 769 g/mol. The van der Waals surface area contributed by atoms with Gasteiger partial charge in [0.15, 0.2) is 46.0 Å². The van der Waals surface area contributed by atoms with Crippen LogP contribution in [0.2, 0.25) is 0 Å². The first-order chi connectivity index (χ1) is 27.1. The van der Waals surface area contributed by atoms with Crippen LogP contribution < -0.4 is 42.6 Å². The van der Waals surface area contributed by atoms with Gasteiger partial charge in [-0.05, 0) is 76.9 Å². The van der Waals surface area contributed by atoms with E-state index in [1.165, 1.54) is 49.6 Å². The van der Waals surface area contributed by atoms with E-state index in [2.05, 4.69) is 0 Å². The minimum absolute atomic E-state index is 0.00166. The van der Waals surface area contributed by atoms with Crippen LogP contribution in [0.25, 0.3) is 11.6 Å². The van der Waals surface area contributed by atoms with Gasteiger partial charge in [0, 0.05) is 24.3 Å². The van der Waals surface area contributed by atoms with E-state index in [0.29, 0.717) is 68.1 Å². The van der Waals surface area contributed by atoms with Crippen LogP contribution in [0.15, 0.2) is 60.7 Å². The van der Waals surface area contributed by atoms with E-state index in [9.17, 15) is 14.4 Å². The number of rotatable bonds is 12. The summed E-state index contributed by atoms with van der Waals surface area (Å²) in [7, 11) is 9.00. The number of hydrogen-bond acceptors (Lipinski definition) is 14. The Hall–Kier alpha value is -6.57. The molecule has 0 radical (unpaired) electrons. The van der Waals surface area contributed by atoms with E-state index in [4.69, 9.17) is 52.1 Å². The van der Waals surface area contributed by atoms with Crippen LogP contribution >= 0.6 is 0 Å². The highest BCUT2D eigenvalue weighted by atomic mass is 16.7. The van der Waals surface area contributed by atoms with Crippen molar-refractivity contribution in [2.45, 2.75) is 18.9 Å². The fraction of sp³-hybridized carbons (Fsp3) is 0.310. The first-order valence-corrected chi connectivity index (χ1v) is 17.5. The molecule has 7 rings (SSSR count). The number of carbonyl (C=O) groups excluding carboxylic acids is 3. The summed E-state index contributed by atoms with van der Waals surface area (Å²) in [5.74, 6) is -0.195. The van der Waals surface area contributed by atoms with E-state index < -0.39 is 41.8 Å². The molecule has 14 nitrogen and oxygen atoms in total. The number of hydrogen-bond donors (Lipinski definition) is 0. The topological polar surface area (TPSA) is 153 Å². The van der Waals surface area contributed by atoms with E-state index in [1.807, 2.05) is 6.07 Å². The molecule has 3 aliphatic rings. The zero-order valence-corrected chi connectivity index (χ0v) is 31.8. The largest absolute Gasteiger partial charge is 0.493 e. The van der Waals surface area contributed by atoms with Crippen LogP contribution in [-0.2, 0) is 23.9 Å². The van der Waals surface area contributed by atoms with Crippen molar-refractivity contribution in [1.29, 1.82) is 0 Å². The number of cyclic esters (lactones) is 1. The predicted molar refractivity (Wildman–Crippen MR) is 199 cm³/mol. The maximum atomic E-state index is 14.7. The van der Waals surface area contributed by atoms with E-state index in [1.54, 1.807) is 60.7 Å². The standard InChI is InChI=1S/C42H40O14/c1-21(43)55-30-10-8-22(13-31(30)47-3)12-25(23-9-11-29(46-2)32(14-23)48-4)41(44)56-39-27-18-34-33(53-20-54-34)17-26(27)37(38-28(39)19-52-42(38)45)24-15-35(49-5)40(51-7)36(16-24)50-6/h8-18,28,37-39H,19-20H2,1-7H3/b25-12+/t28-,37+,38-,39-/m0/s1. The molecule has 4 aromatic rings. The van der Waals surface area contributed by atoms with Gasteiger partial charge in [-0.25, -0.2) is 4.79 Å². The lowest BCUT2D eigenvalue weighted by Gasteiger charge is -2.38. The Labute approximate surface area is 322 Å². The lowest BCUT2D eigenvalue weighted by Crippen LogP contribution is -2.36. The van der Waals surface area contributed by atoms with Gasteiger partial charge in [-0.1, -0.05) is 12.1 Å². The zero-order valence-electron chi connectivity index (χ0n) is 31.8. The first kappa shape index (κ1) is 37.7. The number of methoxy groups -OCH3 is 6. The molecule has 2 aliphatic heterocycles. The Morgan fingerprint density at radius 2 is 1.30 bits per heavy atom. The Bertz CT molecular complexity index is 2200. The second-order valence-corrected chi connectivity index (χ2v) is 13.0. The van der Waals surface area contributed by atoms with Crippen molar-refractivity contribution in [2.75, 3.05) is 56.1 Å². The van der Waals surface area contributed by atoms with Crippen LogP contribution in [0, 0.1) is 11.8 Å². The summed E-state index contributed by atoms with van der Waals surface area (Å²) in [5, 5.41) is 0. The summed E-state index contributed by atoms with van der Waals surface area (Å²) in [5.41, 5.74) is 3.10. The number of esters is 3. The van der Waals surface area contributed by atoms with Crippen LogP contribution in [0.5, 0.6) is 51.7 Å². The summed E-state index contributed by atoms with van der Waals surface area (Å²) >= 11 is 0. The maximum absolute atomic E-state index is 14.7. The molecular formula is C42H40O14. The van der Waals surface area contributed by atoms with E-state index >= 15 is 0 Å². The normalized spacial score (nSPS) is 19.2. The van der Waals surface area contributed by atoms with E-state index in [-0.39, 0.29) is 30.5 Å². The lowest BCUT2D eigenvalue weighted by atomic mass is 9.66. The highest BCUT2D eigenvalue weighted by Gasteiger charge is 2.54. The van der Waals surface area contributed by atoms with Crippen molar-refractivity contribution in [3.63, 3.8) is 0 Å². The molecule has 2 heterocycles. The van der Waals surface area contributed by atoms with Crippen molar-refractivity contribution in [2.24, 2.45) is 11.8 Å². The summed E-state index contributed by atoms with van der Waals surface area (Å²) in [6.07, 6.45) is 0.658. The monoisotopic (exact) mass is 768 g/mol. The maximum Gasteiger partial charge on any atom is 0.339 e. The van der Waals surface area contributed by atoms with Crippen LogP contribution in [0.3, 0.4) is 0 Å². The molecule has 0 bridgehead atoms. The summed E-state index contributed by atoms with van der Waals surface area (Å²) in [6.45, 7) is 1.27. The van der Waals surface area contributed by atoms with Crippen LogP contribution in [0.4, 0.5) is 0 Å². The minimum Gasteiger partial charge on any atom is -0.493 e. The predicted octanol–water partition coefficient (Wildman–Crippen LogP) is 6.15. The number of benzene rings is 4. The Morgan fingerprint density at radius 3 is 1.93 bits per heavy atom. The van der Waals surface area contributed by atoms with Gasteiger partial charge >= 0.3 is 17.9 Å². The molecular weight excluding hydrogens is 728 g/mol. The molecule has 292 valence electrons. The van der Waals surface area contributed by atoms with Crippen molar-refractivity contribution in [3.8, 4) is 51.7 Å². The quantitative estimate of drug-likeness (QED) is 0.0701. The molecule has 4 aromatic carbocycles. The SMILES string of the molecule is COc1ccc(/C(=C\c2ccc(OC(C)=O)c(OC)c2)C(=O)O[C@H]2c3cc4c(cc3[C@@H](c3cc(OC)c(OC)c(OC)c3)[C@H]3C(=O)OC[C@@H]32)OCO4)cc1OC. The third kappa shape index (κ3) is 6.82. The summed E-state index contributed by atoms with van der Waals surface area (Å²) in [6, 6.07) is 17.1. The van der Waals surface area contributed by atoms with Gasteiger partial charge in [0.25, 0.3) is 0 Å². The lowest BCUT2D eigenvalue weighted by molar-refractivity contribution is -0.147. The van der Waals surface area contributed by atoms with Crippen molar-refractivity contribution >= 4 is 29.6 Å². The van der Waals surface area contributed by atoms with Gasteiger partial charge in [-0.2, -0.15) is 0 Å². The van der Waals surface area contributed by atoms with Gasteiger partial charge in [0.1, 0.15) is 6.10 Å². The number of fused-ring (bicyclic) bond motifs is 3. The molecule has 0 aromatic heterocycles. The fourth-order valence-electron chi connectivity index (χ4n) is 7.57. The molecule has 1 saturated heterocycles. The highest BCUT2D eigenvalue weighted by Crippen LogP contribution is 2.57. The molecule has 1 fully saturated rings. The van der Waals surface area contributed by atoms with Gasteiger partial charge < -0.3 is 52.1 Å². The number of carbonyl (C=O) groups is 3. The molecule has 14 heteroatoms. The molecule has 0 amide bonds. The van der Waals surface area contributed by atoms with Crippen LogP contribution in [0.1, 0.15) is 46.8 Å². The Balaban J connectivity index is 1.37. The van der Waals surface area contributed by atoms with Gasteiger partial charge in [0.2, 0.25) is 12.5 Å². The third-order valence-corrected chi connectivity index (χ3v) is 10.1. The van der Waals surface area contributed by atoms with Gasteiger partial charge in [-0.15, -0.1) is 0 Å². The molecule has 0 unspecified atom stereocenters. The van der Waals surface area contributed by atoms with Crippen LogP contribution in [-0.4, -0.2) is 74.0 Å². The first-order valence-electron chi connectivity index (χ1n) is 17.5. The molecule has 1 aliphatic carbocycles. The fourth-order valence-corrected chi connectivity index (χ4v) is 7.57. The minimum atomic E-state index is -0.967. The zero-order chi connectivity index (χ0) is 39.7.